The second-order valence-electron chi connectivity index (χ2n) is 6.29. The van der Waals surface area contributed by atoms with Crippen LogP contribution in [0.4, 0.5) is 0 Å². The lowest BCUT2D eigenvalue weighted by Crippen LogP contribution is -2.05. The summed E-state index contributed by atoms with van der Waals surface area (Å²) < 4.78 is 10.5. The summed E-state index contributed by atoms with van der Waals surface area (Å²) >= 11 is 0. The number of benzene rings is 3. The third-order valence-corrected chi connectivity index (χ3v) is 4.32. The molecule has 0 saturated heterocycles. The van der Waals surface area contributed by atoms with E-state index in [2.05, 4.69) is 4.99 Å². The first-order valence-electron chi connectivity index (χ1n) is 8.95. The zero-order valence-electron chi connectivity index (χ0n) is 15.2. The number of hydrogen-bond donors (Lipinski definition) is 0. The van der Waals surface area contributed by atoms with Crippen LogP contribution < -0.4 is 4.74 Å². The van der Waals surface area contributed by atoms with Crippen LogP contribution in [0, 0.1) is 0 Å². The van der Waals surface area contributed by atoms with Gasteiger partial charge in [0.05, 0.1) is 0 Å². The minimum atomic E-state index is -0.496. The van der Waals surface area contributed by atoms with Gasteiger partial charge in [0.2, 0.25) is 5.90 Å². The van der Waals surface area contributed by atoms with Crippen molar-refractivity contribution in [2.75, 3.05) is 0 Å². The molecule has 0 atom stereocenters. The second-order valence-corrected chi connectivity index (χ2v) is 6.29. The van der Waals surface area contributed by atoms with E-state index in [0.717, 1.165) is 21.9 Å². The van der Waals surface area contributed by atoms with Crippen LogP contribution in [0.1, 0.15) is 24.5 Å². The number of fused-ring (bicyclic) bond motifs is 1. The molecule has 0 unspecified atom stereocenters. The van der Waals surface area contributed by atoms with Crippen molar-refractivity contribution < 1.29 is 19.1 Å². The Labute approximate surface area is 161 Å². The van der Waals surface area contributed by atoms with Crippen LogP contribution in [0.3, 0.4) is 0 Å². The molecule has 0 radical (unpaired) electrons. The molecule has 0 aliphatic carbocycles. The average Bonchev–Trinajstić information content (AvgIpc) is 3.09. The summed E-state index contributed by atoms with van der Waals surface area (Å²) in [6, 6.07) is 20.6. The summed E-state index contributed by atoms with van der Waals surface area (Å²) in [5, 5.41) is 2.16. The van der Waals surface area contributed by atoms with Gasteiger partial charge in [-0.05, 0) is 46.7 Å². The third-order valence-electron chi connectivity index (χ3n) is 4.32. The standard InChI is InChI=1S/C23H17NO4/c1-2-21(25)27-19-11-7-15(8-12-19)13-20-23(26)28-22(24-20)18-10-9-16-5-3-4-6-17(16)14-18/h3-14H,2H2,1H3/b20-13+. The normalized spacial score (nSPS) is 14.8. The number of carbonyl (C=O) groups is 2. The van der Waals surface area contributed by atoms with Gasteiger partial charge in [0.1, 0.15) is 5.75 Å². The van der Waals surface area contributed by atoms with Crippen molar-refractivity contribution in [3.63, 3.8) is 0 Å². The van der Waals surface area contributed by atoms with Crippen LogP contribution in [0.5, 0.6) is 5.75 Å². The fraction of sp³-hybridized carbons (Fsp3) is 0.0870. The average molecular weight is 371 g/mol. The zero-order valence-corrected chi connectivity index (χ0v) is 15.2. The Kier molecular flexibility index (Phi) is 4.72. The van der Waals surface area contributed by atoms with E-state index in [1.807, 2.05) is 42.5 Å². The molecule has 1 heterocycles. The molecule has 138 valence electrons. The molecule has 0 bridgehead atoms. The first-order chi connectivity index (χ1) is 13.6. The van der Waals surface area contributed by atoms with Crippen LogP contribution in [0.15, 0.2) is 77.4 Å². The highest BCUT2D eigenvalue weighted by molar-refractivity contribution is 6.13. The first kappa shape index (κ1) is 17.7. The number of aliphatic imine (C=N–C) groups is 1. The maximum absolute atomic E-state index is 12.2. The highest BCUT2D eigenvalue weighted by Gasteiger charge is 2.24. The molecular formula is C23H17NO4. The Balaban J connectivity index is 1.58. The molecule has 5 heteroatoms. The van der Waals surface area contributed by atoms with Gasteiger partial charge in [-0.15, -0.1) is 0 Å². The van der Waals surface area contributed by atoms with E-state index in [0.29, 0.717) is 12.2 Å². The van der Waals surface area contributed by atoms with Crippen molar-refractivity contribution in [1.82, 2.24) is 0 Å². The largest absolute Gasteiger partial charge is 0.427 e. The molecular weight excluding hydrogens is 354 g/mol. The minimum Gasteiger partial charge on any atom is -0.427 e. The molecule has 0 aromatic heterocycles. The molecule has 0 saturated carbocycles. The molecule has 0 spiro atoms. The maximum atomic E-state index is 12.2. The van der Waals surface area contributed by atoms with Gasteiger partial charge in [0, 0.05) is 12.0 Å². The van der Waals surface area contributed by atoms with E-state index in [4.69, 9.17) is 9.47 Å². The molecule has 0 N–H and O–H groups in total. The Hall–Kier alpha value is -3.73. The predicted octanol–water partition coefficient (Wildman–Crippen LogP) is 4.50. The number of carbonyl (C=O) groups excluding carboxylic acids is 2. The Morgan fingerprint density at radius 2 is 1.79 bits per heavy atom. The predicted molar refractivity (Wildman–Crippen MR) is 107 cm³/mol. The summed E-state index contributed by atoms with van der Waals surface area (Å²) in [6.07, 6.45) is 1.95. The van der Waals surface area contributed by atoms with Gasteiger partial charge in [-0.2, -0.15) is 0 Å². The highest BCUT2D eigenvalue weighted by atomic mass is 16.6. The van der Waals surface area contributed by atoms with Gasteiger partial charge in [-0.3, -0.25) is 4.79 Å². The summed E-state index contributed by atoms with van der Waals surface area (Å²) in [7, 11) is 0. The Morgan fingerprint density at radius 3 is 2.54 bits per heavy atom. The minimum absolute atomic E-state index is 0.224. The van der Waals surface area contributed by atoms with E-state index in [1.165, 1.54) is 0 Å². The molecule has 3 aromatic rings. The molecule has 1 aliphatic heterocycles. The Morgan fingerprint density at radius 1 is 1.04 bits per heavy atom. The summed E-state index contributed by atoms with van der Waals surface area (Å²) in [5.41, 5.74) is 1.73. The number of esters is 2. The van der Waals surface area contributed by atoms with Crippen molar-refractivity contribution in [2.24, 2.45) is 4.99 Å². The molecule has 0 amide bonds. The van der Waals surface area contributed by atoms with Gasteiger partial charge in [-0.25, -0.2) is 9.79 Å². The first-order valence-corrected chi connectivity index (χ1v) is 8.95. The zero-order chi connectivity index (χ0) is 19.5. The number of rotatable bonds is 4. The van der Waals surface area contributed by atoms with Crippen molar-refractivity contribution in [3.8, 4) is 5.75 Å². The lowest BCUT2D eigenvalue weighted by Gasteiger charge is -2.02. The smallest absolute Gasteiger partial charge is 0.363 e. The number of ether oxygens (including phenoxy) is 2. The van der Waals surface area contributed by atoms with E-state index in [1.54, 1.807) is 37.3 Å². The lowest BCUT2D eigenvalue weighted by molar-refractivity contribution is -0.134. The van der Waals surface area contributed by atoms with Crippen molar-refractivity contribution in [3.05, 3.63) is 83.6 Å². The van der Waals surface area contributed by atoms with Gasteiger partial charge in [0.25, 0.3) is 0 Å². The molecule has 3 aromatic carbocycles. The quantitative estimate of drug-likeness (QED) is 0.385. The van der Waals surface area contributed by atoms with Gasteiger partial charge < -0.3 is 9.47 Å². The van der Waals surface area contributed by atoms with Crippen LogP contribution in [0.25, 0.3) is 16.8 Å². The topological polar surface area (TPSA) is 65.0 Å². The van der Waals surface area contributed by atoms with E-state index < -0.39 is 5.97 Å². The molecule has 28 heavy (non-hydrogen) atoms. The Bertz CT molecular complexity index is 1130. The second kappa shape index (κ2) is 7.48. The monoisotopic (exact) mass is 371 g/mol. The van der Waals surface area contributed by atoms with Crippen molar-refractivity contribution >= 4 is 34.7 Å². The molecule has 5 nitrogen and oxygen atoms in total. The van der Waals surface area contributed by atoms with Crippen LogP contribution in [0.2, 0.25) is 0 Å². The molecule has 1 aliphatic rings. The SMILES string of the molecule is CCC(=O)Oc1ccc(/C=C2/N=C(c3ccc4ccccc4c3)OC2=O)cc1. The highest BCUT2D eigenvalue weighted by Crippen LogP contribution is 2.23. The van der Waals surface area contributed by atoms with Crippen LogP contribution in [-0.2, 0) is 14.3 Å². The van der Waals surface area contributed by atoms with Gasteiger partial charge in [0.15, 0.2) is 5.70 Å². The lowest BCUT2D eigenvalue weighted by atomic mass is 10.1. The van der Waals surface area contributed by atoms with Crippen molar-refractivity contribution in [1.29, 1.82) is 0 Å². The third kappa shape index (κ3) is 3.69. The maximum Gasteiger partial charge on any atom is 0.363 e. The van der Waals surface area contributed by atoms with E-state index in [9.17, 15) is 9.59 Å². The fourth-order valence-electron chi connectivity index (χ4n) is 2.85. The summed E-state index contributed by atoms with van der Waals surface area (Å²) in [5.74, 6) is -0.0430. The fourth-order valence-corrected chi connectivity index (χ4v) is 2.85. The van der Waals surface area contributed by atoms with Gasteiger partial charge >= 0.3 is 11.9 Å². The van der Waals surface area contributed by atoms with Crippen molar-refractivity contribution in [2.45, 2.75) is 13.3 Å². The van der Waals surface area contributed by atoms with Crippen LogP contribution >= 0.6 is 0 Å². The molecule has 4 rings (SSSR count). The van der Waals surface area contributed by atoms with E-state index in [-0.39, 0.29) is 17.6 Å². The molecule has 0 fully saturated rings. The number of cyclic esters (lactones) is 1. The summed E-state index contributed by atoms with van der Waals surface area (Å²) in [4.78, 5) is 27.9. The number of nitrogens with zero attached hydrogens (tertiary/aromatic N) is 1. The van der Waals surface area contributed by atoms with Gasteiger partial charge in [-0.1, -0.05) is 49.4 Å². The van der Waals surface area contributed by atoms with Crippen LogP contribution in [-0.4, -0.2) is 17.8 Å². The number of hydrogen-bond acceptors (Lipinski definition) is 5. The summed E-state index contributed by atoms with van der Waals surface area (Å²) in [6.45, 7) is 1.73. The van der Waals surface area contributed by atoms with E-state index >= 15 is 0 Å².